The highest BCUT2D eigenvalue weighted by Crippen LogP contribution is 2.26. The molecule has 32 heavy (non-hydrogen) atoms. The standard InChI is InChI=1S/C23H18BrN5O3/c24-15-5-7-16(8-6-15)28-22-19-12-17(9-10-20(19)25-13-26-22)27-21(30)11-14-3-1-2-4-18(14)23(31)29-32/h1-10,12-13,32H,11H2,(H,27,30)(H,29,31)(H,25,26,28). The van der Waals surface area contributed by atoms with Gasteiger partial charge in [0.25, 0.3) is 5.91 Å². The van der Waals surface area contributed by atoms with E-state index in [1.807, 2.05) is 24.3 Å². The van der Waals surface area contributed by atoms with Gasteiger partial charge in [0.05, 0.1) is 11.9 Å². The average molecular weight is 492 g/mol. The molecule has 0 fully saturated rings. The van der Waals surface area contributed by atoms with Gasteiger partial charge in [-0.2, -0.15) is 0 Å². The molecule has 1 aromatic heterocycles. The van der Waals surface area contributed by atoms with E-state index < -0.39 is 5.91 Å². The quantitative estimate of drug-likeness (QED) is 0.234. The fourth-order valence-electron chi connectivity index (χ4n) is 3.24. The number of fused-ring (bicyclic) bond motifs is 1. The molecule has 9 heteroatoms. The number of halogens is 1. The van der Waals surface area contributed by atoms with Crippen molar-refractivity contribution in [3.05, 3.63) is 88.7 Å². The van der Waals surface area contributed by atoms with Gasteiger partial charge in [0.15, 0.2) is 0 Å². The predicted molar refractivity (Wildman–Crippen MR) is 125 cm³/mol. The van der Waals surface area contributed by atoms with Crippen LogP contribution >= 0.6 is 15.9 Å². The molecule has 160 valence electrons. The van der Waals surface area contributed by atoms with Crippen molar-refractivity contribution in [3.8, 4) is 0 Å². The maximum absolute atomic E-state index is 12.6. The number of hydrogen-bond acceptors (Lipinski definition) is 6. The highest BCUT2D eigenvalue weighted by Gasteiger charge is 2.14. The summed E-state index contributed by atoms with van der Waals surface area (Å²) in [6.07, 6.45) is 1.45. The third-order valence-electron chi connectivity index (χ3n) is 4.74. The summed E-state index contributed by atoms with van der Waals surface area (Å²) in [4.78, 5) is 33.1. The van der Waals surface area contributed by atoms with Gasteiger partial charge in [-0.05, 0) is 54.1 Å². The van der Waals surface area contributed by atoms with Crippen molar-refractivity contribution in [3.63, 3.8) is 0 Å². The van der Waals surface area contributed by atoms with E-state index in [4.69, 9.17) is 5.21 Å². The van der Waals surface area contributed by atoms with Crippen LogP contribution in [0.1, 0.15) is 15.9 Å². The zero-order valence-electron chi connectivity index (χ0n) is 16.7. The minimum atomic E-state index is -0.667. The first kappa shape index (κ1) is 21.4. The van der Waals surface area contributed by atoms with Gasteiger partial charge < -0.3 is 10.6 Å². The first-order valence-electron chi connectivity index (χ1n) is 9.63. The lowest BCUT2D eigenvalue weighted by Gasteiger charge is -2.11. The Morgan fingerprint density at radius 2 is 1.69 bits per heavy atom. The van der Waals surface area contributed by atoms with E-state index in [0.29, 0.717) is 17.1 Å². The Balaban J connectivity index is 1.56. The Morgan fingerprint density at radius 1 is 0.938 bits per heavy atom. The molecule has 2 amide bonds. The van der Waals surface area contributed by atoms with Crippen molar-refractivity contribution in [1.29, 1.82) is 0 Å². The van der Waals surface area contributed by atoms with Gasteiger partial charge in [-0.15, -0.1) is 0 Å². The second-order valence-electron chi connectivity index (χ2n) is 6.91. The number of nitrogens with zero attached hydrogens (tertiary/aromatic N) is 2. The molecule has 1 heterocycles. The predicted octanol–water partition coefficient (Wildman–Crippen LogP) is 4.44. The summed E-state index contributed by atoms with van der Waals surface area (Å²) in [7, 11) is 0. The Bertz CT molecular complexity index is 1290. The second-order valence-corrected chi connectivity index (χ2v) is 7.82. The van der Waals surface area contributed by atoms with Crippen molar-refractivity contribution in [1.82, 2.24) is 15.4 Å². The van der Waals surface area contributed by atoms with Crippen molar-refractivity contribution in [2.75, 3.05) is 10.6 Å². The molecule has 0 unspecified atom stereocenters. The number of anilines is 3. The van der Waals surface area contributed by atoms with Gasteiger partial charge in [0.2, 0.25) is 5.91 Å². The molecule has 0 atom stereocenters. The third kappa shape index (κ3) is 4.90. The van der Waals surface area contributed by atoms with Crippen LogP contribution in [0.25, 0.3) is 10.9 Å². The molecule has 4 rings (SSSR count). The zero-order chi connectivity index (χ0) is 22.5. The maximum Gasteiger partial charge on any atom is 0.274 e. The first-order chi connectivity index (χ1) is 15.5. The van der Waals surface area contributed by atoms with E-state index in [2.05, 4.69) is 36.5 Å². The van der Waals surface area contributed by atoms with Crippen LogP contribution < -0.4 is 16.1 Å². The van der Waals surface area contributed by atoms with Gasteiger partial charge in [0, 0.05) is 26.8 Å². The Kier molecular flexibility index (Phi) is 6.39. The topological polar surface area (TPSA) is 116 Å². The zero-order valence-corrected chi connectivity index (χ0v) is 18.3. The number of hydrogen-bond donors (Lipinski definition) is 4. The van der Waals surface area contributed by atoms with Crippen LogP contribution in [0.15, 0.2) is 77.5 Å². The summed E-state index contributed by atoms with van der Waals surface area (Å²) in [6, 6.07) is 19.6. The monoisotopic (exact) mass is 491 g/mol. The summed E-state index contributed by atoms with van der Waals surface area (Å²) >= 11 is 3.41. The van der Waals surface area contributed by atoms with Crippen molar-refractivity contribution in [2.24, 2.45) is 0 Å². The number of carbonyl (C=O) groups is 2. The maximum atomic E-state index is 12.6. The molecule has 0 saturated carbocycles. The summed E-state index contributed by atoms with van der Waals surface area (Å²) < 4.78 is 0.971. The lowest BCUT2D eigenvalue weighted by atomic mass is 10.0. The highest BCUT2D eigenvalue weighted by atomic mass is 79.9. The van der Waals surface area contributed by atoms with E-state index in [0.717, 1.165) is 21.1 Å². The van der Waals surface area contributed by atoms with Crippen molar-refractivity contribution in [2.45, 2.75) is 6.42 Å². The minimum absolute atomic E-state index is 0.0308. The largest absolute Gasteiger partial charge is 0.340 e. The summed E-state index contributed by atoms with van der Waals surface area (Å²) in [5.74, 6) is -0.361. The Morgan fingerprint density at radius 3 is 2.47 bits per heavy atom. The van der Waals surface area contributed by atoms with Crippen LogP contribution in [0, 0.1) is 0 Å². The number of nitrogens with one attached hydrogen (secondary N) is 3. The summed E-state index contributed by atoms with van der Waals surface area (Å²) in [5, 5.41) is 15.8. The van der Waals surface area contributed by atoms with Gasteiger partial charge in [-0.25, -0.2) is 15.4 Å². The number of benzene rings is 3. The van der Waals surface area contributed by atoms with Crippen LogP contribution in [-0.4, -0.2) is 27.0 Å². The normalized spacial score (nSPS) is 10.6. The number of hydroxylamine groups is 1. The summed E-state index contributed by atoms with van der Waals surface area (Å²) in [6.45, 7) is 0. The minimum Gasteiger partial charge on any atom is -0.340 e. The molecule has 0 bridgehead atoms. The SMILES string of the molecule is O=C(Cc1ccccc1C(=O)NO)Nc1ccc2ncnc(Nc3ccc(Br)cc3)c2c1. The molecule has 3 aromatic carbocycles. The molecular formula is C23H18BrN5O3. The van der Waals surface area contributed by atoms with Gasteiger partial charge in [0.1, 0.15) is 12.1 Å². The Labute approximate surface area is 191 Å². The van der Waals surface area contributed by atoms with Crippen LogP contribution in [0.3, 0.4) is 0 Å². The molecule has 0 radical (unpaired) electrons. The molecule has 0 saturated heterocycles. The van der Waals surface area contributed by atoms with Gasteiger partial charge in [-0.1, -0.05) is 34.1 Å². The van der Waals surface area contributed by atoms with Crippen LogP contribution in [0.2, 0.25) is 0 Å². The summed E-state index contributed by atoms with van der Waals surface area (Å²) in [5.41, 5.74) is 4.49. The van der Waals surface area contributed by atoms with E-state index in [1.165, 1.54) is 6.33 Å². The molecule has 8 nitrogen and oxygen atoms in total. The van der Waals surface area contributed by atoms with Crippen molar-refractivity contribution < 1.29 is 14.8 Å². The van der Waals surface area contributed by atoms with Crippen LogP contribution in [0.5, 0.6) is 0 Å². The van der Waals surface area contributed by atoms with E-state index in [-0.39, 0.29) is 17.9 Å². The molecule has 4 N–H and O–H groups in total. The van der Waals surface area contributed by atoms with Crippen LogP contribution in [0.4, 0.5) is 17.2 Å². The fraction of sp³-hybridized carbons (Fsp3) is 0.0435. The highest BCUT2D eigenvalue weighted by molar-refractivity contribution is 9.10. The molecule has 0 aliphatic heterocycles. The number of amides is 2. The van der Waals surface area contributed by atoms with Gasteiger partial charge >= 0.3 is 0 Å². The molecular weight excluding hydrogens is 474 g/mol. The molecule has 4 aromatic rings. The van der Waals surface area contributed by atoms with E-state index in [1.54, 1.807) is 47.9 Å². The smallest absolute Gasteiger partial charge is 0.274 e. The van der Waals surface area contributed by atoms with Gasteiger partial charge in [-0.3, -0.25) is 14.8 Å². The molecule has 0 aliphatic carbocycles. The first-order valence-corrected chi connectivity index (χ1v) is 10.4. The number of aromatic nitrogens is 2. The second kappa shape index (κ2) is 9.54. The fourth-order valence-corrected chi connectivity index (χ4v) is 3.50. The third-order valence-corrected chi connectivity index (χ3v) is 5.27. The van der Waals surface area contributed by atoms with Crippen molar-refractivity contribution >= 4 is 55.8 Å². The number of rotatable bonds is 6. The van der Waals surface area contributed by atoms with Crippen LogP contribution in [-0.2, 0) is 11.2 Å². The lowest BCUT2D eigenvalue weighted by molar-refractivity contribution is -0.115. The Hall–Kier alpha value is -3.82. The van der Waals surface area contributed by atoms with E-state index >= 15 is 0 Å². The molecule has 0 aliphatic rings. The number of carbonyl (C=O) groups excluding carboxylic acids is 2. The van der Waals surface area contributed by atoms with E-state index in [9.17, 15) is 9.59 Å². The molecule has 0 spiro atoms. The lowest BCUT2D eigenvalue weighted by Crippen LogP contribution is -2.22. The average Bonchev–Trinajstić information content (AvgIpc) is 2.80.